The van der Waals surface area contributed by atoms with Gasteiger partial charge >= 0.3 is 0 Å². The molecule has 0 unspecified atom stereocenters. The van der Waals surface area contributed by atoms with Crippen molar-refractivity contribution in [1.82, 2.24) is 0 Å². The Labute approximate surface area is 71.6 Å². The van der Waals surface area contributed by atoms with E-state index in [1.165, 1.54) is 0 Å². The molecule has 0 amide bonds. The molecule has 1 rings (SSSR count). The summed E-state index contributed by atoms with van der Waals surface area (Å²) in [5.41, 5.74) is 1.75. The smallest absolute Gasteiger partial charge is 0.121 e. The maximum Gasteiger partial charge on any atom is 0.121 e. The summed E-state index contributed by atoms with van der Waals surface area (Å²) in [6.45, 7) is 3.84. The molecule has 0 fully saturated rings. The highest BCUT2D eigenvalue weighted by Crippen LogP contribution is 2.26. The van der Waals surface area contributed by atoms with Crippen LogP contribution in [0.4, 0.5) is 0 Å². The Bertz CT molecular complexity index is 269. The number of aromatic hydroxyl groups is 1. The molecular formula is C9H11ClO. The maximum atomic E-state index is 9.46. The van der Waals surface area contributed by atoms with Gasteiger partial charge in [0.05, 0.1) is 0 Å². The molecule has 0 aliphatic heterocycles. The van der Waals surface area contributed by atoms with Gasteiger partial charge in [-0.2, -0.15) is 0 Å². The molecule has 11 heavy (non-hydrogen) atoms. The number of phenols is 1. The zero-order valence-corrected chi connectivity index (χ0v) is 7.44. The van der Waals surface area contributed by atoms with E-state index < -0.39 is 0 Å². The van der Waals surface area contributed by atoms with Crippen LogP contribution < -0.4 is 0 Å². The Balaban J connectivity index is 3.24. The van der Waals surface area contributed by atoms with Crippen molar-refractivity contribution in [3.05, 3.63) is 28.3 Å². The predicted molar refractivity (Wildman–Crippen MR) is 47.2 cm³/mol. The van der Waals surface area contributed by atoms with Gasteiger partial charge in [-0.05, 0) is 36.6 Å². The highest BCUT2D eigenvalue weighted by atomic mass is 35.5. The Morgan fingerprint density at radius 1 is 1.45 bits per heavy atom. The lowest BCUT2D eigenvalue weighted by Crippen LogP contribution is -1.84. The molecule has 0 aliphatic carbocycles. The number of halogens is 1. The van der Waals surface area contributed by atoms with Gasteiger partial charge in [-0.3, -0.25) is 0 Å². The summed E-state index contributed by atoms with van der Waals surface area (Å²) >= 11 is 5.79. The lowest BCUT2D eigenvalue weighted by atomic mass is 10.1. The Morgan fingerprint density at radius 2 is 2.09 bits per heavy atom. The van der Waals surface area contributed by atoms with Crippen molar-refractivity contribution in [2.45, 2.75) is 20.3 Å². The Hall–Kier alpha value is -0.690. The molecule has 0 aromatic heterocycles. The number of hydrogen-bond acceptors (Lipinski definition) is 1. The van der Waals surface area contributed by atoms with E-state index in [-0.39, 0.29) is 0 Å². The number of rotatable bonds is 1. The summed E-state index contributed by atoms with van der Waals surface area (Å²) in [5, 5.41) is 10.2. The van der Waals surface area contributed by atoms with Crippen LogP contribution in [0.5, 0.6) is 5.75 Å². The van der Waals surface area contributed by atoms with Crippen molar-refractivity contribution >= 4 is 11.6 Å². The first-order valence-corrected chi connectivity index (χ1v) is 4.01. The molecule has 0 aliphatic rings. The molecule has 0 saturated heterocycles. The first-order chi connectivity index (χ1) is 5.15. The average molecular weight is 171 g/mol. The van der Waals surface area contributed by atoms with Crippen LogP contribution in [0.2, 0.25) is 5.02 Å². The summed E-state index contributed by atoms with van der Waals surface area (Å²) in [6.07, 6.45) is 0.813. The number of benzene rings is 1. The SMILES string of the molecule is CCc1cc(Cl)cc(C)c1O. The zero-order chi connectivity index (χ0) is 8.43. The largest absolute Gasteiger partial charge is 0.507 e. The third kappa shape index (κ3) is 1.66. The van der Waals surface area contributed by atoms with Gasteiger partial charge in [0.2, 0.25) is 0 Å². The molecule has 60 valence electrons. The lowest BCUT2D eigenvalue weighted by Gasteiger charge is -2.04. The summed E-state index contributed by atoms with van der Waals surface area (Å²) in [7, 11) is 0. The van der Waals surface area contributed by atoms with E-state index in [0.29, 0.717) is 10.8 Å². The molecule has 0 heterocycles. The molecule has 1 nitrogen and oxygen atoms in total. The van der Waals surface area contributed by atoms with Gasteiger partial charge in [-0.25, -0.2) is 0 Å². The monoisotopic (exact) mass is 170 g/mol. The van der Waals surface area contributed by atoms with Crippen LogP contribution in [0.1, 0.15) is 18.1 Å². The van der Waals surface area contributed by atoms with E-state index in [2.05, 4.69) is 0 Å². The van der Waals surface area contributed by atoms with Gasteiger partial charge < -0.3 is 5.11 Å². The average Bonchev–Trinajstić information content (AvgIpc) is 1.96. The lowest BCUT2D eigenvalue weighted by molar-refractivity contribution is 0.464. The second-order valence-corrected chi connectivity index (χ2v) is 3.02. The van der Waals surface area contributed by atoms with Gasteiger partial charge in [-0.1, -0.05) is 18.5 Å². The van der Waals surface area contributed by atoms with Crippen LogP contribution in [0, 0.1) is 6.92 Å². The second-order valence-electron chi connectivity index (χ2n) is 2.58. The number of aryl methyl sites for hydroxylation is 2. The minimum Gasteiger partial charge on any atom is -0.507 e. The quantitative estimate of drug-likeness (QED) is 0.687. The minimum absolute atomic E-state index is 0.372. The van der Waals surface area contributed by atoms with Crippen molar-refractivity contribution in [3.63, 3.8) is 0 Å². The molecule has 0 bridgehead atoms. The molecule has 1 aromatic carbocycles. The van der Waals surface area contributed by atoms with E-state index in [9.17, 15) is 5.11 Å². The zero-order valence-electron chi connectivity index (χ0n) is 6.69. The van der Waals surface area contributed by atoms with E-state index in [1.807, 2.05) is 13.8 Å². The van der Waals surface area contributed by atoms with Gasteiger partial charge in [0.25, 0.3) is 0 Å². The van der Waals surface area contributed by atoms with Crippen LogP contribution in [-0.2, 0) is 6.42 Å². The molecule has 0 atom stereocenters. The third-order valence-electron chi connectivity index (χ3n) is 1.73. The fraction of sp³-hybridized carbons (Fsp3) is 0.333. The molecule has 1 N–H and O–H groups in total. The van der Waals surface area contributed by atoms with Gasteiger partial charge in [-0.15, -0.1) is 0 Å². The van der Waals surface area contributed by atoms with Crippen LogP contribution in [0.25, 0.3) is 0 Å². The summed E-state index contributed by atoms with van der Waals surface area (Å²) in [6, 6.07) is 3.56. The van der Waals surface area contributed by atoms with Crippen molar-refractivity contribution < 1.29 is 5.11 Å². The molecule has 0 saturated carbocycles. The molecule has 1 aromatic rings. The predicted octanol–water partition coefficient (Wildman–Crippen LogP) is 2.92. The Kier molecular flexibility index (Phi) is 2.40. The minimum atomic E-state index is 0.372. The summed E-state index contributed by atoms with van der Waals surface area (Å²) in [4.78, 5) is 0. The third-order valence-corrected chi connectivity index (χ3v) is 1.94. The van der Waals surface area contributed by atoms with Crippen molar-refractivity contribution in [3.8, 4) is 5.75 Å². The fourth-order valence-electron chi connectivity index (χ4n) is 1.07. The molecule has 0 spiro atoms. The molecule has 0 radical (unpaired) electrons. The standard InChI is InChI=1S/C9H11ClO/c1-3-7-5-8(10)4-6(2)9(7)11/h4-5,11H,3H2,1-2H3. The highest BCUT2D eigenvalue weighted by Gasteiger charge is 2.03. The second kappa shape index (κ2) is 3.14. The highest BCUT2D eigenvalue weighted by molar-refractivity contribution is 6.30. The van der Waals surface area contributed by atoms with E-state index in [4.69, 9.17) is 11.6 Å². The van der Waals surface area contributed by atoms with Crippen molar-refractivity contribution in [2.24, 2.45) is 0 Å². The summed E-state index contributed by atoms with van der Waals surface area (Å²) < 4.78 is 0. The first-order valence-electron chi connectivity index (χ1n) is 3.63. The van der Waals surface area contributed by atoms with Crippen LogP contribution >= 0.6 is 11.6 Å². The number of phenolic OH excluding ortho intramolecular Hbond substituents is 1. The van der Waals surface area contributed by atoms with Crippen LogP contribution in [0.3, 0.4) is 0 Å². The maximum absolute atomic E-state index is 9.46. The first kappa shape index (κ1) is 8.41. The van der Waals surface area contributed by atoms with Crippen LogP contribution in [-0.4, -0.2) is 5.11 Å². The molecular weight excluding hydrogens is 160 g/mol. The van der Waals surface area contributed by atoms with E-state index in [0.717, 1.165) is 17.5 Å². The van der Waals surface area contributed by atoms with Crippen molar-refractivity contribution in [2.75, 3.05) is 0 Å². The van der Waals surface area contributed by atoms with Crippen molar-refractivity contribution in [1.29, 1.82) is 0 Å². The Morgan fingerprint density at radius 3 is 2.64 bits per heavy atom. The topological polar surface area (TPSA) is 20.2 Å². The fourth-order valence-corrected chi connectivity index (χ4v) is 1.37. The van der Waals surface area contributed by atoms with Crippen LogP contribution in [0.15, 0.2) is 12.1 Å². The number of hydrogen-bond donors (Lipinski definition) is 1. The molecule has 2 heteroatoms. The van der Waals surface area contributed by atoms with Gasteiger partial charge in [0, 0.05) is 5.02 Å². The van der Waals surface area contributed by atoms with Gasteiger partial charge in [0.15, 0.2) is 0 Å². The van der Waals surface area contributed by atoms with E-state index >= 15 is 0 Å². The normalized spacial score (nSPS) is 10.1. The van der Waals surface area contributed by atoms with Gasteiger partial charge in [0.1, 0.15) is 5.75 Å². The summed E-state index contributed by atoms with van der Waals surface area (Å²) in [5.74, 6) is 0.372. The van der Waals surface area contributed by atoms with E-state index in [1.54, 1.807) is 12.1 Å².